The molecule has 0 saturated carbocycles. The van der Waals surface area contributed by atoms with Crippen LogP contribution in [0.1, 0.15) is 5.56 Å². The molecule has 2 aromatic carbocycles. The molecule has 0 aliphatic carbocycles. The van der Waals surface area contributed by atoms with Crippen molar-refractivity contribution in [2.24, 2.45) is 12.0 Å². The first-order valence-electron chi connectivity index (χ1n) is 6.99. The summed E-state index contributed by atoms with van der Waals surface area (Å²) in [6.07, 6.45) is 0. The number of hydrogen-bond acceptors (Lipinski definition) is 4. The minimum Gasteiger partial charge on any atom is -0.858 e. The number of aliphatic imine (C=N–C) groups is 1. The van der Waals surface area contributed by atoms with Crippen LogP contribution in [0.2, 0.25) is 0 Å². The smallest absolute Gasteiger partial charge is 0.456 e. The first-order chi connectivity index (χ1) is 11.2. The molecule has 0 N–H and O–H groups in total. The molecule has 1 heterocycles. The molecule has 0 radical (unpaired) electrons. The third-order valence-corrected chi connectivity index (χ3v) is 3.37. The van der Waals surface area contributed by atoms with E-state index in [2.05, 4.69) is 15.1 Å². The van der Waals surface area contributed by atoms with E-state index in [9.17, 15) is 10.5 Å². The van der Waals surface area contributed by atoms with Crippen molar-refractivity contribution >= 4 is 17.4 Å². The monoisotopic (exact) mass is 303 g/mol. The van der Waals surface area contributed by atoms with Crippen LogP contribution in [0.15, 0.2) is 65.7 Å². The van der Waals surface area contributed by atoms with Crippen molar-refractivity contribution in [1.82, 2.24) is 9.78 Å². The Bertz CT molecular complexity index is 892. The molecule has 6 heteroatoms. The Kier molecular flexibility index (Phi) is 3.85. The molecule has 0 aliphatic rings. The van der Waals surface area contributed by atoms with Crippen LogP contribution in [0.4, 0.5) is 11.5 Å². The summed E-state index contributed by atoms with van der Waals surface area (Å²) < 4.78 is 1.43. The lowest BCUT2D eigenvalue weighted by Crippen LogP contribution is -2.18. The topological polar surface area (TPSA) is 81.4 Å². The van der Waals surface area contributed by atoms with Gasteiger partial charge in [-0.1, -0.05) is 60.7 Å². The lowest BCUT2D eigenvalue weighted by Gasteiger charge is -2.09. The molecule has 0 atom stereocenters. The van der Waals surface area contributed by atoms with E-state index in [1.807, 2.05) is 36.4 Å². The van der Waals surface area contributed by atoms with E-state index in [-0.39, 0.29) is 11.5 Å². The van der Waals surface area contributed by atoms with E-state index >= 15 is 0 Å². The van der Waals surface area contributed by atoms with Crippen LogP contribution < -0.4 is 5.11 Å². The summed E-state index contributed by atoms with van der Waals surface area (Å²) in [5, 5.41) is 25.9. The zero-order chi connectivity index (χ0) is 16.2. The lowest BCUT2D eigenvalue weighted by molar-refractivity contribution is -0.212. The normalized spacial score (nSPS) is 11.2. The van der Waals surface area contributed by atoms with Gasteiger partial charge in [0.2, 0.25) is 11.2 Å². The fraction of sp³-hybridized carbons (Fsp3) is 0.0588. The Balaban J connectivity index is 2.11. The summed E-state index contributed by atoms with van der Waals surface area (Å²) in [5.41, 5.74) is 1.88. The number of nitrogens with zero attached hydrogens (tertiary/aromatic N) is 5. The molecule has 0 unspecified atom stereocenters. The van der Waals surface area contributed by atoms with Crippen LogP contribution in [0.3, 0.4) is 0 Å². The number of aryl methyl sites for hydroxylation is 1. The summed E-state index contributed by atoms with van der Waals surface area (Å²) in [6, 6.07) is 18.0. The maximum atomic E-state index is 12.2. The molecule has 23 heavy (non-hydrogen) atoms. The fourth-order valence-corrected chi connectivity index (χ4v) is 2.25. The molecule has 0 saturated heterocycles. The van der Waals surface area contributed by atoms with Crippen LogP contribution in [-0.4, -0.2) is 15.7 Å². The number of aromatic nitrogens is 2. The van der Waals surface area contributed by atoms with Gasteiger partial charge in [-0.25, -0.2) is 9.67 Å². The van der Waals surface area contributed by atoms with Crippen molar-refractivity contribution < 1.29 is 5.11 Å². The molecule has 3 aromatic rings. The number of diazo groups is 1. The molecular weight excluding hydrogens is 290 g/mol. The minimum atomic E-state index is -0.418. The van der Waals surface area contributed by atoms with Gasteiger partial charge < -0.3 is 5.11 Å². The standard InChI is InChI=1S/C17H13N5O/c1-22-16(19-17(23)13-10-6-3-7-11-13)15(20-18)14(21-22)12-8-4-2-5-9-12/h2-11H,1H3. The molecule has 112 valence electrons. The summed E-state index contributed by atoms with van der Waals surface area (Å²) in [7, 11) is 1.65. The van der Waals surface area contributed by atoms with Gasteiger partial charge in [-0.2, -0.15) is 5.10 Å². The van der Waals surface area contributed by atoms with Gasteiger partial charge in [0.05, 0.1) is 0 Å². The second-order valence-electron chi connectivity index (χ2n) is 4.89. The summed E-state index contributed by atoms with van der Waals surface area (Å²) in [5.74, 6) is -0.210. The molecule has 0 fully saturated rings. The van der Waals surface area contributed by atoms with E-state index in [4.69, 9.17) is 0 Å². The summed E-state index contributed by atoms with van der Waals surface area (Å²) in [6.45, 7) is 0. The zero-order valence-electron chi connectivity index (χ0n) is 12.4. The van der Waals surface area contributed by atoms with Crippen LogP contribution in [0, 0.1) is 5.39 Å². The van der Waals surface area contributed by atoms with Gasteiger partial charge >= 0.3 is 5.69 Å². The number of hydrogen-bond donors (Lipinski definition) is 0. The predicted molar refractivity (Wildman–Crippen MR) is 86.0 cm³/mol. The second kappa shape index (κ2) is 6.12. The highest BCUT2D eigenvalue weighted by Gasteiger charge is 2.28. The van der Waals surface area contributed by atoms with Crippen LogP contribution in [-0.2, 0) is 7.05 Å². The Morgan fingerprint density at radius 1 is 1.09 bits per heavy atom. The van der Waals surface area contributed by atoms with Crippen LogP contribution >= 0.6 is 0 Å². The van der Waals surface area contributed by atoms with Crippen LogP contribution in [0.25, 0.3) is 16.2 Å². The fourth-order valence-electron chi connectivity index (χ4n) is 2.25. The van der Waals surface area contributed by atoms with Gasteiger partial charge in [0.25, 0.3) is 0 Å². The average Bonchev–Trinajstić information content (AvgIpc) is 2.92. The van der Waals surface area contributed by atoms with Crippen LogP contribution in [0.5, 0.6) is 0 Å². The first kappa shape index (κ1) is 14.5. The number of rotatable bonds is 3. The molecule has 0 aliphatic heterocycles. The van der Waals surface area contributed by atoms with E-state index in [0.717, 1.165) is 5.56 Å². The zero-order valence-corrected chi connectivity index (χ0v) is 12.4. The van der Waals surface area contributed by atoms with Crippen molar-refractivity contribution in [3.05, 3.63) is 71.2 Å². The van der Waals surface area contributed by atoms with Gasteiger partial charge in [0.15, 0.2) is 10.7 Å². The van der Waals surface area contributed by atoms with E-state index in [0.29, 0.717) is 11.3 Å². The SMILES string of the molecule is Cn1nc(-c2ccccc2)c([N+]#N)c1N=C([O-])c1ccccc1. The van der Waals surface area contributed by atoms with E-state index < -0.39 is 5.90 Å². The molecule has 1 aromatic heterocycles. The Morgan fingerprint density at radius 2 is 1.70 bits per heavy atom. The molecule has 3 rings (SSSR count). The molecule has 0 spiro atoms. The maximum absolute atomic E-state index is 12.2. The van der Waals surface area contributed by atoms with Gasteiger partial charge in [-0.3, -0.25) is 0 Å². The van der Waals surface area contributed by atoms with Gasteiger partial charge in [-0.15, -0.1) is 0 Å². The number of benzene rings is 2. The van der Waals surface area contributed by atoms with Gasteiger partial charge in [0.1, 0.15) is 0 Å². The Labute approximate surface area is 133 Å². The van der Waals surface area contributed by atoms with E-state index in [1.165, 1.54) is 4.68 Å². The highest BCUT2D eigenvalue weighted by Crippen LogP contribution is 2.37. The second-order valence-corrected chi connectivity index (χ2v) is 4.89. The molecule has 0 bridgehead atoms. The quantitative estimate of drug-likeness (QED) is 0.423. The summed E-state index contributed by atoms with van der Waals surface area (Å²) in [4.78, 5) is 7.34. The largest absolute Gasteiger partial charge is 0.858 e. The molecular formula is C17H13N5O. The third kappa shape index (κ3) is 2.80. The highest BCUT2D eigenvalue weighted by atomic mass is 16.3. The lowest BCUT2D eigenvalue weighted by atomic mass is 10.1. The van der Waals surface area contributed by atoms with Crippen molar-refractivity contribution in [1.29, 1.82) is 5.39 Å². The van der Waals surface area contributed by atoms with Gasteiger partial charge in [-0.05, 0) is 11.5 Å². The predicted octanol–water partition coefficient (Wildman–Crippen LogP) is 3.01. The molecule has 6 nitrogen and oxygen atoms in total. The van der Waals surface area contributed by atoms with Gasteiger partial charge in [0, 0.05) is 12.6 Å². The minimum absolute atomic E-state index is 0.169. The average molecular weight is 303 g/mol. The van der Waals surface area contributed by atoms with Crippen molar-refractivity contribution in [2.75, 3.05) is 0 Å². The Hall–Kier alpha value is -3.46. The maximum Gasteiger partial charge on any atom is 0.456 e. The van der Waals surface area contributed by atoms with Crippen molar-refractivity contribution in [3.8, 4) is 11.3 Å². The van der Waals surface area contributed by atoms with Crippen molar-refractivity contribution in [3.63, 3.8) is 0 Å². The van der Waals surface area contributed by atoms with E-state index in [1.54, 1.807) is 31.3 Å². The highest BCUT2D eigenvalue weighted by molar-refractivity contribution is 5.94. The Morgan fingerprint density at radius 3 is 2.30 bits per heavy atom. The summed E-state index contributed by atoms with van der Waals surface area (Å²) >= 11 is 0. The third-order valence-electron chi connectivity index (χ3n) is 3.37. The van der Waals surface area contributed by atoms with Crippen molar-refractivity contribution in [2.45, 2.75) is 0 Å². The first-order valence-corrected chi connectivity index (χ1v) is 6.99. The molecule has 0 amide bonds.